The van der Waals surface area contributed by atoms with Crippen molar-refractivity contribution in [1.29, 1.82) is 0 Å². The number of carbonyl (C=O) groups is 1. The van der Waals surface area contributed by atoms with Crippen molar-refractivity contribution in [2.24, 2.45) is 0 Å². The van der Waals surface area contributed by atoms with Crippen LogP contribution in [0.15, 0.2) is 76.7 Å². The maximum atomic E-state index is 13.5. The van der Waals surface area contributed by atoms with Gasteiger partial charge in [-0.3, -0.25) is 14.0 Å². The smallest absolute Gasteiger partial charge is 0.267 e. The molecule has 0 fully saturated rings. The molecule has 5 aromatic rings. The van der Waals surface area contributed by atoms with Crippen molar-refractivity contribution in [2.75, 3.05) is 5.75 Å². The molecule has 5 rings (SSSR count). The summed E-state index contributed by atoms with van der Waals surface area (Å²) in [5.74, 6) is 0.680. The largest absolute Gasteiger partial charge is 0.293 e. The lowest BCUT2D eigenvalue weighted by Gasteiger charge is -2.14. The van der Waals surface area contributed by atoms with E-state index in [-0.39, 0.29) is 17.1 Å². The minimum absolute atomic E-state index is 0.0246. The van der Waals surface area contributed by atoms with E-state index in [0.29, 0.717) is 21.9 Å². The number of Topliss-reactive ketones (excluding diaryl/α,β-unsaturated/α-hetero) is 1. The average molecular weight is 469 g/mol. The summed E-state index contributed by atoms with van der Waals surface area (Å²) in [5.41, 5.74) is 5.31. The monoisotopic (exact) mass is 468 g/mol. The summed E-state index contributed by atoms with van der Waals surface area (Å²) in [4.78, 5) is 26.4. The number of rotatable bonds is 6. The first-order valence-electron chi connectivity index (χ1n) is 11.2. The zero-order chi connectivity index (χ0) is 23.8. The Morgan fingerprint density at radius 3 is 2.47 bits per heavy atom. The van der Waals surface area contributed by atoms with Crippen LogP contribution in [-0.2, 0) is 6.42 Å². The summed E-state index contributed by atoms with van der Waals surface area (Å²) in [6, 6.07) is 21.0. The minimum Gasteiger partial charge on any atom is -0.293 e. The highest BCUT2D eigenvalue weighted by Gasteiger charge is 2.20. The zero-order valence-electron chi connectivity index (χ0n) is 19.3. The average Bonchev–Trinajstić information content (AvgIpc) is 3.29. The lowest BCUT2D eigenvalue weighted by atomic mass is 10.1. The van der Waals surface area contributed by atoms with Crippen molar-refractivity contribution in [3.05, 3.63) is 99.3 Å². The van der Waals surface area contributed by atoms with Crippen LogP contribution in [0.3, 0.4) is 0 Å². The van der Waals surface area contributed by atoms with Gasteiger partial charge in [0.15, 0.2) is 10.9 Å². The molecule has 3 aromatic carbocycles. The van der Waals surface area contributed by atoms with Gasteiger partial charge >= 0.3 is 0 Å². The predicted molar refractivity (Wildman–Crippen MR) is 136 cm³/mol. The Labute approximate surface area is 201 Å². The highest BCUT2D eigenvalue weighted by molar-refractivity contribution is 7.99. The van der Waals surface area contributed by atoms with Gasteiger partial charge in [0.2, 0.25) is 5.78 Å². The van der Waals surface area contributed by atoms with Gasteiger partial charge in [0, 0.05) is 5.56 Å². The predicted octanol–water partition coefficient (Wildman–Crippen LogP) is 5.19. The number of nitrogens with zero attached hydrogens (tertiary/aromatic N) is 4. The van der Waals surface area contributed by atoms with E-state index in [1.165, 1.54) is 17.3 Å². The molecule has 0 aliphatic heterocycles. The van der Waals surface area contributed by atoms with E-state index in [0.717, 1.165) is 28.8 Å². The van der Waals surface area contributed by atoms with Crippen LogP contribution in [0.2, 0.25) is 0 Å². The van der Waals surface area contributed by atoms with E-state index in [1.807, 2.05) is 85.0 Å². The molecule has 0 amide bonds. The van der Waals surface area contributed by atoms with E-state index in [4.69, 9.17) is 0 Å². The molecule has 0 spiro atoms. The highest BCUT2D eigenvalue weighted by Crippen LogP contribution is 2.25. The van der Waals surface area contributed by atoms with Crippen molar-refractivity contribution >= 4 is 34.2 Å². The summed E-state index contributed by atoms with van der Waals surface area (Å²) in [7, 11) is 0. The third-order valence-electron chi connectivity index (χ3n) is 6.23. The van der Waals surface area contributed by atoms with Gasteiger partial charge in [-0.2, -0.15) is 0 Å². The third-order valence-corrected chi connectivity index (χ3v) is 7.16. The molecule has 0 N–H and O–H groups in total. The van der Waals surface area contributed by atoms with Gasteiger partial charge in [-0.15, -0.1) is 10.2 Å². The summed E-state index contributed by atoms with van der Waals surface area (Å²) < 4.78 is 3.49. The molecule has 0 saturated carbocycles. The summed E-state index contributed by atoms with van der Waals surface area (Å²) in [6.45, 7) is 6.11. The van der Waals surface area contributed by atoms with Crippen LogP contribution in [0.5, 0.6) is 0 Å². The number of aromatic nitrogens is 4. The Kier molecular flexibility index (Phi) is 5.79. The Morgan fingerprint density at radius 1 is 0.941 bits per heavy atom. The van der Waals surface area contributed by atoms with Crippen molar-refractivity contribution in [1.82, 2.24) is 19.2 Å². The number of thioether (sulfide) groups is 1. The van der Waals surface area contributed by atoms with Crippen LogP contribution in [0.4, 0.5) is 0 Å². The Balaban J connectivity index is 1.62. The molecule has 0 radical (unpaired) electrons. The SMILES string of the molecule is CCc1ccc(C(=O)CSc2nnc3n(-c4cccc(C)c4C)c(=O)c4ccccc4n23)cc1. The topological polar surface area (TPSA) is 69.3 Å². The van der Waals surface area contributed by atoms with Gasteiger partial charge in [-0.05, 0) is 55.2 Å². The van der Waals surface area contributed by atoms with Crippen LogP contribution >= 0.6 is 11.8 Å². The first kappa shape index (κ1) is 22.1. The quantitative estimate of drug-likeness (QED) is 0.253. The van der Waals surface area contributed by atoms with Gasteiger partial charge in [0.25, 0.3) is 5.56 Å². The molecular weight excluding hydrogens is 444 g/mol. The first-order valence-corrected chi connectivity index (χ1v) is 12.2. The molecule has 2 heterocycles. The zero-order valence-corrected chi connectivity index (χ0v) is 20.1. The fourth-order valence-corrected chi connectivity index (χ4v) is 4.94. The van der Waals surface area contributed by atoms with E-state index < -0.39 is 0 Å². The number of hydrogen-bond donors (Lipinski definition) is 0. The molecule has 2 aromatic heterocycles. The van der Waals surface area contributed by atoms with E-state index in [2.05, 4.69) is 17.1 Å². The van der Waals surface area contributed by atoms with Crippen LogP contribution in [-0.4, -0.2) is 30.7 Å². The lowest BCUT2D eigenvalue weighted by Crippen LogP contribution is -2.22. The van der Waals surface area contributed by atoms with Gasteiger partial charge in [0.1, 0.15) is 0 Å². The van der Waals surface area contributed by atoms with Crippen molar-refractivity contribution in [2.45, 2.75) is 32.3 Å². The van der Waals surface area contributed by atoms with Crippen LogP contribution in [0.25, 0.3) is 22.4 Å². The second-order valence-corrected chi connectivity index (χ2v) is 9.20. The Bertz CT molecular complexity index is 1600. The fourth-order valence-electron chi connectivity index (χ4n) is 4.11. The first-order chi connectivity index (χ1) is 16.5. The van der Waals surface area contributed by atoms with Crippen molar-refractivity contribution < 1.29 is 4.79 Å². The normalized spacial score (nSPS) is 11.4. The Hall–Kier alpha value is -3.71. The molecule has 0 aliphatic carbocycles. The van der Waals surface area contributed by atoms with Crippen molar-refractivity contribution in [3.63, 3.8) is 0 Å². The van der Waals surface area contributed by atoms with Crippen molar-refractivity contribution in [3.8, 4) is 5.69 Å². The molecule has 0 aliphatic rings. The molecule has 0 atom stereocenters. The second kappa shape index (κ2) is 8.91. The number of aryl methyl sites for hydroxylation is 2. The van der Waals surface area contributed by atoms with Crippen LogP contribution in [0, 0.1) is 13.8 Å². The lowest BCUT2D eigenvalue weighted by molar-refractivity contribution is 0.102. The minimum atomic E-state index is -0.146. The number of carbonyl (C=O) groups excluding carboxylic acids is 1. The van der Waals surface area contributed by atoms with Crippen LogP contribution in [0.1, 0.15) is 34.0 Å². The number of para-hydroxylation sites is 1. The number of benzene rings is 3. The molecule has 7 heteroatoms. The van der Waals surface area contributed by atoms with E-state index in [1.54, 1.807) is 4.57 Å². The molecule has 34 heavy (non-hydrogen) atoms. The van der Waals surface area contributed by atoms with E-state index in [9.17, 15) is 9.59 Å². The van der Waals surface area contributed by atoms with Gasteiger partial charge < -0.3 is 0 Å². The molecule has 170 valence electrons. The highest BCUT2D eigenvalue weighted by atomic mass is 32.2. The number of fused-ring (bicyclic) bond motifs is 3. The Morgan fingerprint density at radius 2 is 1.71 bits per heavy atom. The third kappa shape index (κ3) is 3.72. The molecule has 0 saturated heterocycles. The maximum absolute atomic E-state index is 13.5. The van der Waals surface area contributed by atoms with Gasteiger partial charge in [-0.1, -0.05) is 67.2 Å². The molecule has 6 nitrogen and oxygen atoms in total. The second-order valence-electron chi connectivity index (χ2n) is 8.26. The standard InChI is InChI=1S/C27H24N4O2S/c1-4-19-12-14-20(15-13-19)24(32)16-34-27-29-28-26-30(22-11-7-8-17(2)18(22)3)25(33)21-9-5-6-10-23(21)31(26)27/h5-15H,4,16H2,1-3H3. The van der Waals surface area contributed by atoms with Gasteiger partial charge in [-0.25, -0.2) is 4.57 Å². The van der Waals surface area contributed by atoms with Gasteiger partial charge in [0.05, 0.1) is 22.3 Å². The molecule has 0 unspecified atom stereocenters. The van der Waals surface area contributed by atoms with Crippen LogP contribution < -0.4 is 5.56 Å². The number of ketones is 1. The fraction of sp³-hybridized carbons (Fsp3) is 0.185. The number of hydrogen-bond acceptors (Lipinski definition) is 5. The van der Waals surface area contributed by atoms with E-state index >= 15 is 0 Å². The molecular formula is C27H24N4O2S. The summed E-state index contributed by atoms with van der Waals surface area (Å²) >= 11 is 1.33. The summed E-state index contributed by atoms with van der Waals surface area (Å²) in [5, 5.41) is 9.92. The maximum Gasteiger partial charge on any atom is 0.267 e. The summed E-state index contributed by atoms with van der Waals surface area (Å²) in [6.07, 6.45) is 0.935. The molecule has 0 bridgehead atoms.